The number of carbonyl (C=O) groups is 1. The molecule has 2 heterocycles. The van der Waals surface area contributed by atoms with Gasteiger partial charge in [-0.05, 0) is 37.8 Å². The van der Waals surface area contributed by atoms with Gasteiger partial charge in [0.2, 0.25) is 0 Å². The predicted molar refractivity (Wildman–Crippen MR) is 85.1 cm³/mol. The Morgan fingerprint density at radius 2 is 2.19 bits per heavy atom. The lowest BCUT2D eigenvalue weighted by Crippen LogP contribution is -2.43. The number of piperidine rings is 1. The van der Waals surface area contributed by atoms with Crippen molar-refractivity contribution in [3.05, 3.63) is 36.0 Å². The average molecular weight is 283 g/mol. The summed E-state index contributed by atoms with van der Waals surface area (Å²) in [7, 11) is 0. The largest absolute Gasteiger partial charge is 0.398 e. The quantitative estimate of drug-likeness (QED) is 0.920. The second-order valence-corrected chi connectivity index (χ2v) is 5.67. The first kappa shape index (κ1) is 13.9. The Morgan fingerprint density at radius 3 is 3.00 bits per heavy atom. The number of likely N-dealkylation sites (tertiary alicyclic amines) is 1. The average Bonchev–Trinajstić information content (AvgIpc) is 2.54. The van der Waals surface area contributed by atoms with Crippen molar-refractivity contribution in [2.24, 2.45) is 0 Å². The van der Waals surface area contributed by atoms with Gasteiger partial charge in [-0.25, -0.2) is 4.98 Å². The molecule has 1 unspecified atom stereocenters. The van der Waals surface area contributed by atoms with E-state index in [-0.39, 0.29) is 5.91 Å². The maximum Gasteiger partial charge on any atom is 0.272 e. The highest BCUT2D eigenvalue weighted by Crippen LogP contribution is 2.24. The number of fused-ring (bicyclic) bond motifs is 1. The van der Waals surface area contributed by atoms with Gasteiger partial charge in [0.25, 0.3) is 5.91 Å². The zero-order valence-corrected chi connectivity index (χ0v) is 12.4. The topological polar surface area (TPSA) is 59.2 Å². The Bertz CT molecular complexity index is 668. The van der Waals surface area contributed by atoms with Crippen LogP contribution in [-0.4, -0.2) is 28.4 Å². The molecule has 4 nitrogen and oxygen atoms in total. The van der Waals surface area contributed by atoms with Crippen LogP contribution in [0.5, 0.6) is 0 Å². The van der Waals surface area contributed by atoms with Gasteiger partial charge in [0.15, 0.2) is 0 Å². The molecular formula is C17H21N3O. The van der Waals surface area contributed by atoms with Gasteiger partial charge in [-0.2, -0.15) is 0 Å². The number of nitrogens with two attached hydrogens (primary N) is 1. The van der Waals surface area contributed by atoms with Crippen LogP contribution >= 0.6 is 0 Å². The molecule has 1 saturated heterocycles. The molecule has 0 aliphatic carbocycles. The standard InChI is InChI=1S/C17H21N3O/c1-2-12-7-5-6-10-20(12)17(21)16-11-14(18)13-8-3-4-9-15(13)19-16/h3-4,8-9,11-12H,2,5-7,10H2,1H3,(H2,18,19). The minimum atomic E-state index is 0.0130. The van der Waals surface area contributed by atoms with Crippen molar-refractivity contribution in [3.63, 3.8) is 0 Å². The molecule has 1 aromatic carbocycles. The molecule has 1 amide bonds. The van der Waals surface area contributed by atoms with Crippen LogP contribution in [0, 0.1) is 0 Å². The van der Waals surface area contributed by atoms with Gasteiger partial charge < -0.3 is 10.6 Å². The Hall–Kier alpha value is -2.10. The van der Waals surface area contributed by atoms with Gasteiger partial charge in [-0.15, -0.1) is 0 Å². The van der Waals surface area contributed by atoms with Crippen LogP contribution in [0.3, 0.4) is 0 Å². The summed E-state index contributed by atoms with van der Waals surface area (Å²) in [6, 6.07) is 9.72. The number of nitrogens with zero attached hydrogens (tertiary/aromatic N) is 2. The number of hydrogen-bond acceptors (Lipinski definition) is 3. The van der Waals surface area contributed by atoms with Crippen LogP contribution in [-0.2, 0) is 0 Å². The molecule has 2 N–H and O–H groups in total. The smallest absolute Gasteiger partial charge is 0.272 e. The highest BCUT2D eigenvalue weighted by atomic mass is 16.2. The van der Waals surface area contributed by atoms with Gasteiger partial charge in [0, 0.05) is 23.7 Å². The Morgan fingerprint density at radius 1 is 1.38 bits per heavy atom. The van der Waals surface area contributed by atoms with E-state index in [9.17, 15) is 4.79 Å². The van der Waals surface area contributed by atoms with E-state index >= 15 is 0 Å². The first-order valence-corrected chi connectivity index (χ1v) is 7.67. The number of para-hydroxylation sites is 1. The third-order valence-corrected chi connectivity index (χ3v) is 4.33. The van der Waals surface area contributed by atoms with Crippen LogP contribution < -0.4 is 5.73 Å². The van der Waals surface area contributed by atoms with E-state index in [1.807, 2.05) is 29.2 Å². The molecule has 3 rings (SSSR count). The highest BCUT2D eigenvalue weighted by molar-refractivity contribution is 5.99. The molecule has 2 aromatic rings. The molecular weight excluding hydrogens is 262 g/mol. The van der Waals surface area contributed by atoms with Crippen LogP contribution in [0.25, 0.3) is 10.9 Å². The molecule has 4 heteroatoms. The molecule has 1 atom stereocenters. The summed E-state index contributed by atoms with van der Waals surface area (Å²) in [5.74, 6) is 0.0130. The summed E-state index contributed by atoms with van der Waals surface area (Å²) in [5.41, 5.74) is 7.95. The van der Waals surface area contributed by atoms with Crippen LogP contribution in [0.15, 0.2) is 30.3 Å². The summed E-state index contributed by atoms with van der Waals surface area (Å²) < 4.78 is 0. The molecule has 0 spiro atoms. The molecule has 21 heavy (non-hydrogen) atoms. The number of benzene rings is 1. The summed E-state index contributed by atoms with van der Waals surface area (Å²) >= 11 is 0. The molecule has 110 valence electrons. The summed E-state index contributed by atoms with van der Waals surface area (Å²) in [5, 5.41) is 0.903. The van der Waals surface area contributed by atoms with Gasteiger partial charge in [-0.1, -0.05) is 25.1 Å². The first-order chi connectivity index (χ1) is 10.2. The molecule has 1 aliphatic rings. The third kappa shape index (κ3) is 2.58. The molecule has 1 aliphatic heterocycles. The van der Waals surface area contributed by atoms with E-state index in [1.165, 1.54) is 6.42 Å². The number of amides is 1. The number of aromatic nitrogens is 1. The Balaban J connectivity index is 1.97. The number of nitrogen functional groups attached to an aromatic ring is 1. The fourth-order valence-corrected chi connectivity index (χ4v) is 3.15. The van der Waals surface area contributed by atoms with Gasteiger partial charge >= 0.3 is 0 Å². The Kier molecular flexibility index (Phi) is 3.78. The SMILES string of the molecule is CCC1CCCCN1C(=O)c1cc(N)c2ccccc2n1. The van der Waals surface area contributed by atoms with Crippen molar-refractivity contribution in [1.29, 1.82) is 0 Å². The number of anilines is 1. The number of pyridine rings is 1. The minimum absolute atomic E-state index is 0.0130. The summed E-state index contributed by atoms with van der Waals surface area (Å²) in [6.45, 7) is 2.96. The number of rotatable bonds is 2. The maximum absolute atomic E-state index is 12.8. The van der Waals surface area contributed by atoms with E-state index in [0.717, 1.165) is 36.7 Å². The van der Waals surface area contributed by atoms with Crippen molar-refractivity contribution in [1.82, 2.24) is 9.88 Å². The third-order valence-electron chi connectivity index (χ3n) is 4.33. The first-order valence-electron chi connectivity index (χ1n) is 7.67. The van der Waals surface area contributed by atoms with E-state index in [2.05, 4.69) is 11.9 Å². The minimum Gasteiger partial charge on any atom is -0.398 e. The molecule has 1 fully saturated rings. The van der Waals surface area contributed by atoms with Crippen molar-refractivity contribution < 1.29 is 4.79 Å². The Labute approximate surface area is 125 Å². The normalized spacial score (nSPS) is 18.9. The molecule has 0 saturated carbocycles. The van der Waals surface area contributed by atoms with Crippen molar-refractivity contribution in [2.45, 2.75) is 38.6 Å². The van der Waals surface area contributed by atoms with Gasteiger partial charge in [0.05, 0.1) is 5.52 Å². The fraction of sp³-hybridized carbons (Fsp3) is 0.412. The lowest BCUT2D eigenvalue weighted by molar-refractivity contribution is 0.0602. The number of carbonyl (C=O) groups excluding carboxylic acids is 1. The molecule has 0 bridgehead atoms. The second-order valence-electron chi connectivity index (χ2n) is 5.67. The highest BCUT2D eigenvalue weighted by Gasteiger charge is 2.27. The van der Waals surface area contributed by atoms with Crippen LogP contribution in [0.1, 0.15) is 43.1 Å². The monoisotopic (exact) mass is 283 g/mol. The lowest BCUT2D eigenvalue weighted by atomic mass is 9.99. The maximum atomic E-state index is 12.8. The van der Waals surface area contributed by atoms with E-state index < -0.39 is 0 Å². The number of hydrogen-bond donors (Lipinski definition) is 1. The van der Waals surface area contributed by atoms with Crippen molar-refractivity contribution in [2.75, 3.05) is 12.3 Å². The second kappa shape index (κ2) is 5.72. The van der Waals surface area contributed by atoms with Crippen LogP contribution in [0.2, 0.25) is 0 Å². The lowest BCUT2D eigenvalue weighted by Gasteiger charge is -2.35. The zero-order valence-electron chi connectivity index (χ0n) is 12.4. The van der Waals surface area contributed by atoms with Crippen molar-refractivity contribution in [3.8, 4) is 0 Å². The molecule has 1 aromatic heterocycles. The van der Waals surface area contributed by atoms with E-state index in [4.69, 9.17) is 5.73 Å². The van der Waals surface area contributed by atoms with Gasteiger partial charge in [-0.3, -0.25) is 4.79 Å². The van der Waals surface area contributed by atoms with E-state index in [1.54, 1.807) is 6.07 Å². The van der Waals surface area contributed by atoms with Gasteiger partial charge in [0.1, 0.15) is 5.69 Å². The zero-order chi connectivity index (χ0) is 14.8. The van der Waals surface area contributed by atoms with Crippen molar-refractivity contribution >= 4 is 22.5 Å². The molecule has 0 radical (unpaired) electrons. The van der Waals surface area contributed by atoms with E-state index in [0.29, 0.717) is 17.4 Å². The summed E-state index contributed by atoms with van der Waals surface area (Å²) in [4.78, 5) is 19.3. The predicted octanol–water partition coefficient (Wildman–Crippen LogP) is 3.22. The fourth-order valence-electron chi connectivity index (χ4n) is 3.15. The van der Waals surface area contributed by atoms with Crippen LogP contribution in [0.4, 0.5) is 5.69 Å². The summed E-state index contributed by atoms with van der Waals surface area (Å²) in [6.07, 6.45) is 4.36.